The van der Waals surface area contributed by atoms with Crippen LogP contribution in [0.3, 0.4) is 0 Å². The molecule has 0 unspecified atom stereocenters. The maximum Gasteiger partial charge on any atom is 0.333 e. The van der Waals surface area contributed by atoms with Crippen molar-refractivity contribution in [3.8, 4) is 0 Å². The molecule has 5 nitrogen and oxygen atoms in total. The molecule has 0 bridgehead atoms. The first-order chi connectivity index (χ1) is 10.5. The number of aliphatic hydroxyl groups excluding tert-OH is 1. The summed E-state index contributed by atoms with van der Waals surface area (Å²) in [6, 6.07) is 0. The Morgan fingerprint density at radius 3 is 2.36 bits per heavy atom. The van der Waals surface area contributed by atoms with Crippen LogP contribution in [0.1, 0.15) is 65.7 Å². The third-order valence-electron chi connectivity index (χ3n) is 3.40. The summed E-state index contributed by atoms with van der Waals surface area (Å²) in [4.78, 5) is 23.1. The first kappa shape index (κ1) is 20.6. The number of allylic oxidation sites excluding steroid dienone is 1. The molecule has 0 heterocycles. The SMILES string of the molecule is C/C=C(/C)C(=O)O[C@@H](CO)COC(=O)CCCCCCCC. The second-order valence-electron chi connectivity index (χ2n) is 5.38. The van der Waals surface area contributed by atoms with Crippen LogP contribution in [0.4, 0.5) is 0 Å². The first-order valence-corrected chi connectivity index (χ1v) is 8.15. The van der Waals surface area contributed by atoms with Crippen LogP contribution in [0, 0.1) is 0 Å². The van der Waals surface area contributed by atoms with Gasteiger partial charge in [0.2, 0.25) is 0 Å². The predicted octanol–water partition coefficient (Wildman–Crippen LogP) is 3.15. The number of rotatable bonds is 12. The van der Waals surface area contributed by atoms with Gasteiger partial charge in [0.25, 0.3) is 0 Å². The van der Waals surface area contributed by atoms with Gasteiger partial charge in [-0.3, -0.25) is 4.79 Å². The van der Waals surface area contributed by atoms with Crippen molar-refractivity contribution in [3.05, 3.63) is 11.6 Å². The maximum absolute atomic E-state index is 11.6. The van der Waals surface area contributed by atoms with Crippen LogP contribution in [0.2, 0.25) is 0 Å². The van der Waals surface area contributed by atoms with Gasteiger partial charge in [0.05, 0.1) is 6.61 Å². The zero-order valence-corrected chi connectivity index (χ0v) is 14.1. The Kier molecular flexibility index (Phi) is 12.5. The van der Waals surface area contributed by atoms with Gasteiger partial charge in [0.1, 0.15) is 6.61 Å². The van der Waals surface area contributed by atoms with E-state index in [1.54, 1.807) is 19.9 Å². The van der Waals surface area contributed by atoms with Gasteiger partial charge in [0.15, 0.2) is 6.10 Å². The average molecular weight is 314 g/mol. The molecule has 0 spiro atoms. The minimum absolute atomic E-state index is 0.103. The molecule has 0 aliphatic heterocycles. The quantitative estimate of drug-likeness (QED) is 0.340. The van der Waals surface area contributed by atoms with E-state index in [1.165, 1.54) is 19.3 Å². The van der Waals surface area contributed by atoms with Crippen LogP contribution in [-0.4, -0.2) is 36.4 Å². The Bertz CT molecular complexity index is 349. The molecule has 0 aromatic carbocycles. The highest BCUT2D eigenvalue weighted by atomic mass is 16.6. The highest BCUT2D eigenvalue weighted by molar-refractivity contribution is 5.87. The van der Waals surface area contributed by atoms with E-state index in [9.17, 15) is 9.59 Å². The lowest BCUT2D eigenvalue weighted by atomic mass is 10.1. The average Bonchev–Trinajstić information content (AvgIpc) is 2.53. The summed E-state index contributed by atoms with van der Waals surface area (Å²) in [5, 5.41) is 9.15. The Morgan fingerprint density at radius 2 is 1.77 bits per heavy atom. The lowest BCUT2D eigenvalue weighted by Gasteiger charge is -2.15. The molecule has 22 heavy (non-hydrogen) atoms. The number of carbonyl (C=O) groups excluding carboxylic acids is 2. The van der Waals surface area contributed by atoms with Gasteiger partial charge < -0.3 is 14.6 Å². The van der Waals surface area contributed by atoms with Gasteiger partial charge in [-0.1, -0.05) is 45.1 Å². The molecule has 0 saturated heterocycles. The predicted molar refractivity (Wildman–Crippen MR) is 85.3 cm³/mol. The summed E-state index contributed by atoms with van der Waals surface area (Å²) in [6.07, 6.45) is 7.80. The third kappa shape index (κ3) is 10.4. The molecule has 1 N–H and O–H groups in total. The standard InChI is InChI=1S/C17H30O5/c1-4-6-7-8-9-10-11-16(19)21-13-15(12-18)22-17(20)14(3)5-2/h5,15,18H,4,6-13H2,1-3H3/b14-5-/t15-/m0/s1. The fourth-order valence-corrected chi connectivity index (χ4v) is 1.79. The largest absolute Gasteiger partial charge is 0.462 e. The fraction of sp³-hybridized carbons (Fsp3) is 0.765. The zero-order valence-electron chi connectivity index (χ0n) is 14.1. The number of esters is 2. The van der Waals surface area contributed by atoms with E-state index in [4.69, 9.17) is 14.6 Å². The summed E-state index contributed by atoms with van der Waals surface area (Å²) in [7, 11) is 0. The van der Waals surface area contributed by atoms with E-state index >= 15 is 0 Å². The van der Waals surface area contributed by atoms with Crippen LogP contribution >= 0.6 is 0 Å². The minimum Gasteiger partial charge on any atom is -0.462 e. The Balaban J connectivity index is 3.83. The molecule has 5 heteroatoms. The van der Waals surface area contributed by atoms with Crippen molar-refractivity contribution in [1.29, 1.82) is 0 Å². The van der Waals surface area contributed by atoms with Crippen molar-refractivity contribution in [3.63, 3.8) is 0 Å². The third-order valence-corrected chi connectivity index (χ3v) is 3.40. The van der Waals surface area contributed by atoms with E-state index < -0.39 is 12.1 Å². The molecule has 1 atom stereocenters. The van der Waals surface area contributed by atoms with E-state index in [2.05, 4.69) is 6.92 Å². The Labute approximate surface area is 133 Å². The molecule has 0 aromatic rings. The van der Waals surface area contributed by atoms with Gasteiger partial charge in [-0.2, -0.15) is 0 Å². The molecule has 0 rings (SSSR count). The molecule has 128 valence electrons. The Hall–Kier alpha value is -1.36. The molecule has 0 aliphatic rings. The lowest BCUT2D eigenvalue weighted by molar-refractivity contribution is -0.158. The number of unbranched alkanes of at least 4 members (excludes halogenated alkanes) is 5. The number of hydrogen-bond acceptors (Lipinski definition) is 5. The van der Waals surface area contributed by atoms with Crippen LogP contribution in [0.15, 0.2) is 11.6 Å². The van der Waals surface area contributed by atoms with Crippen LogP contribution in [0.5, 0.6) is 0 Å². The van der Waals surface area contributed by atoms with Crippen molar-refractivity contribution in [1.82, 2.24) is 0 Å². The van der Waals surface area contributed by atoms with Crippen molar-refractivity contribution >= 4 is 11.9 Å². The van der Waals surface area contributed by atoms with Crippen molar-refractivity contribution in [2.24, 2.45) is 0 Å². The fourth-order valence-electron chi connectivity index (χ4n) is 1.79. The number of carbonyl (C=O) groups is 2. The summed E-state index contributed by atoms with van der Waals surface area (Å²) < 4.78 is 10.1. The Morgan fingerprint density at radius 1 is 1.14 bits per heavy atom. The number of aliphatic hydroxyl groups is 1. The molecular weight excluding hydrogens is 284 g/mol. The normalized spacial score (nSPS) is 12.8. The van der Waals surface area contributed by atoms with Crippen molar-refractivity contribution in [2.45, 2.75) is 71.8 Å². The van der Waals surface area contributed by atoms with Crippen LogP contribution in [0.25, 0.3) is 0 Å². The van der Waals surface area contributed by atoms with Gasteiger partial charge in [0, 0.05) is 12.0 Å². The molecule has 0 aliphatic carbocycles. The molecule has 0 aromatic heterocycles. The smallest absolute Gasteiger partial charge is 0.333 e. The molecule has 0 radical (unpaired) electrons. The molecule has 0 fully saturated rings. The second-order valence-corrected chi connectivity index (χ2v) is 5.38. The summed E-state index contributed by atoms with van der Waals surface area (Å²) in [5.41, 5.74) is 0.455. The van der Waals surface area contributed by atoms with Crippen molar-refractivity contribution < 1.29 is 24.2 Å². The monoisotopic (exact) mass is 314 g/mol. The topological polar surface area (TPSA) is 72.8 Å². The van der Waals surface area contributed by atoms with Gasteiger partial charge >= 0.3 is 11.9 Å². The second kappa shape index (κ2) is 13.3. The summed E-state index contributed by atoms with van der Waals surface area (Å²) in [5.74, 6) is -0.818. The molecular formula is C17H30O5. The molecule has 0 saturated carbocycles. The van der Waals surface area contributed by atoms with Crippen molar-refractivity contribution in [2.75, 3.05) is 13.2 Å². The number of hydrogen-bond donors (Lipinski definition) is 1. The maximum atomic E-state index is 11.6. The highest BCUT2D eigenvalue weighted by Crippen LogP contribution is 2.08. The van der Waals surface area contributed by atoms with Crippen LogP contribution in [-0.2, 0) is 19.1 Å². The van der Waals surface area contributed by atoms with Gasteiger partial charge in [-0.25, -0.2) is 4.79 Å². The minimum atomic E-state index is -0.809. The molecule has 0 amide bonds. The van der Waals surface area contributed by atoms with E-state index in [-0.39, 0.29) is 19.2 Å². The van der Waals surface area contributed by atoms with E-state index in [0.29, 0.717) is 12.0 Å². The van der Waals surface area contributed by atoms with Gasteiger partial charge in [-0.05, 0) is 20.3 Å². The highest BCUT2D eigenvalue weighted by Gasteiger charge is 2.16. The van der Waals surface area contributed by atoms with E-state index in [0.717, 1.165) is 19.3 Å². The van der Waals surface area contributed by atoms with Crippen LogP contribution < -0.4 is 0 Å². The van der Waals surface area contributed by atoms with E-state index in [1.807, 2.05) is 0 Å². The lowest BCUT2D eigenvalue weighted by Crippen LogP contribution is -2.28. The van der Waals surface area contributed by atoms with Gasteiger partial charge in [-0.15, -0.1) is 0 Å². The summed E-state index contributed by atoms with van der Waals surface area (Å²) in [6.45, 7) is 5.05. The summed E-state index contributed by atoms with van der Waals surface area (Å²) >= 11 is 0. The number of ether oxygens (including phenoxy) is 2. The first-order valence-electron chi connectivity index (χ1n) is 8.15. The zero-order chi connectivity index (χ0) is 16.8.